The summed E-state index contributed by atoms with van der Waals surface area (Å²) in [6.07, 6.45) is 0. The summed E-state index contributed by atoms with van der Waals surface area (Å²) in [4.78, 5) is 0. The third kappa shape index (κ3) is 3.16. The lowest BCUT2D eigenvalue weighted by Gasteiger charge is -2.03. The van der Waals surface area contributed by atoms with Crippen LogP contribution in [0.3, 0.4) is 0 Å². The highest BCUT2D eigenvalue weighted by molar-refractivity contribution is 8.13. The van der Waals surface area contributed by atoms with Gasteiger partial charge in [0, 0.05) is 10.7 Å². The van der Waals surface area contributed by atoms with Crippen molar-refractivity contribution in [1.82, 2.24) is 0 Å². The number of halogens is 2. The van der Waals surface area contributed by atoms with Gasteiger partial charge in [-0.1, -0.05) is 6.07 Å². The average molecular weight is 239 g/mol. The molecule has 0 N–H and O–H groups in total. The highest BCUT2D eigenvalue weighted by Gasteiger charge is 2.09. The van der Waals surface area contributed by atoms with Crippen molar-refractivity contribution in [2.45, 2.75) is 5.75 Å². The van der Waals surface area contributed by atoms with Gasteiger partial charge in [-0.15, -0.1) is 0 Å². The Bertz CT molecular complexity index is 430. The topological polar surface area (TPSA) is 43.4 Å². The first-order chi connectivity index (χ1) is 6.42. The van der Waals surface area contributed by atoms with Gasteiger partial charge in [0.15, 0.2) is 11.6 Å². The van der Waals surface area contributed by atoms with Crippen LogP contribution in [0.5, 0.6) is 5.75 Å². The molecule has 0 heterocycles. The van der Waals surface area contributed by atoms with E-state index >= 15 is 0 Å². The fourth-order valence-electron chi connectivity index (χ4n) is 0.993. The molecule has 0 bridgehead atoms. The maximum absolute atomic E-state index is 12.9. The molecular formula is C8H8ClFO3S. The van der Waals surface area contributed by atoms with Gasteiger partial charge in [-0.05, 0) is 17.7 Å². The second-order valence-corrected chi connectivity index (χ2v) is 5.43. The predicted molar refractivity (Wildman–Crippen MR) is 51.4 cm³/mol. The normalized spacial score (nSPS) is 11.4. The SMILES string of the molecule is COc1cc(CS(=O)(=O)Cl)ccc1F. The van der Waals surface area contributed by atoms with Crippen LogP contribution in [0.25, 0.3) is 0 Å². The molecule has 0 amide bonds. The van der Waals surface area contributed by atoms with E-state index in [9.17, 15) is 12.8 Å². The van der Waals surface area contributed by atoms with Gasteiger partial charge in [-0.25, -0.2) is 12.8 Å². The summed E-state index contributed by atoms with van der Waals surface area (Å²) in [5, 5.41) is 0. The van der Waals surface area contributed by atoms with E-state index in [-0.39, 0.29) is 11.5 Å². The fraction of sp³-hybridized carbons (Fsp3) is 0.250. The van der Waals surface area contributed by atoms with Gasteiger partial charge in [0.05, 0.1) is 12.9 Å². The number of rotatable bonds is 3. The minimum absolute atomic E-state index is 0.00261. The Morgan fingerprint density at radius 2 is 2.14 bits per heavy atom. The molecule has 6 heteroatoms. The molecule has 0 aliphatic rings. The molecule has 14 heavy (non-hydrogen) atoms. The standard InChI is InChI=1S/C8H8ClFO3S/c1-13-8-4-6(2-3-7(8)10)5-14(9,11)12/h2-4H,5H2,1H3. The second-order valence-electron chi connectivity index (χ2n) is 2.65. The molecule has 0 atom stereocenters. The Morgan fingerprint density at radius 1 is 1.50 bits per heavy atom. The molecule has 0 saturated carbocycles. The first-order valence-electron chi connectivity index (χ1n) is 3.67. The number of hydrogen-bond donors (Lipinski definition) is 0. The maximum atomic E-state index is 12.9. The molecule has 0 unspecified atom stereocenters. The molecule has 1 aromatic rings. The molecular weight excluding hydrogens is 231 g/mol. The van der Waals surface area contributed by atoms with Gasteiger partial charge in [0.1, 0.15) is 0 Å². The third-order valence-corrected chi connectivity index (χ3v) is 2.56. The smallest absolute Gasteiger partial charge is 0.236 e. The summed E-state index contributed by atoms with van der Waals surface area (Å²) in [7, 11) is 2.72. The van der Waals surface area contributed by atoms with Gasteiger partial charge < -0.3 is 4.74 Å². The van der Waals surface area contributed by atoms with Crippen molar-refractivity contribution < 1.29 is 17.5 Å². The molecule has 3 nitrogen and oxygen atoms in total. The number of benzene rings is 1. The molecule has 1 rings (SSSR count). The largest absolute Gasteiger partial charge is 0.494 e. The zero-order valence-electron chi connectivity index (χ0n) is 7.33. The van der Waals surface area contributed by atoms with Crippen LogP contribution < -0.4 is 4.74 Å². The first-order valence-corrected chi connectivity index (χ1v) is 6.15. The first kappa shape index (κ1) is 11.3. The van der Waals surface area contributed by atoms with Crippen LogP contribution >= 0.6 is 10.7 Å². The van der Waals surface area contributed by atoms with Crippen LogP contribution in [-0.2, 0) is 14.8 Å². The molecule has 0 aliphatic heterocycles. The van der Waals surface area contributed by atoms with Crippen molar-refractivity contribution in [2.24, 2.45) is 0 Å². The van der Waals surface area contributed by atoms with Crippen LogP contribution in [-0.4, -0.2) is 15.5 Å². The molecule has 0 aromatic heterocycles. The predicted octanol–water partition coefficient (Wildman–Crippen LogP) is 1.90. The number of methoxy groups -OCH3 is 1. The summed E-state index contributed by atoms with van der Waals surface area (Å²) < 4.78 is 39.0. The van der Waals surface area contributed by atoms with Gasteiger partial charge in [0.2, 0.25) is 9.05 Å². The van der Waals surface area contributed by atoms with Crippen molar-refractivity contribution in [1.29, 1.82) is 0 Å². The van der Waals surface area contributed by atoms with Gasteiger partial charge in [0.25, 0.3) is 0 Å². The summed E-state index contributed by atoms with van der Waals surface area (Å²) >= 11 is 0. The molecule has 0 fully saturated rings. The van der Waals surface area contributed by atoms with Crippen LogP contribution in [0.1, 0.15) is 5.56 Å². The zero-order valence-corrected chi connectivity index (χ0v) is 8.90. The van der Waals surface area contributed by atoms with E-state index in [4.69, 9.17) is 10.7 Å². The fourth-order valence-corrected chi connectivity index (χ4v) is 1.95. The minimum Gasteiger partial charge on any atom is -0.494 e. The third-order valence-electron chi connectivity index (χ3n) is 1.55. The highest BCUT2D eigenvalue weighted by atomic mass is 35.7. The van der Waals surface area contributed by atoms with Crippen LogP contribution in [0.4, 0.5) is 4.39 Å². The van der Waals surface area contributed by atoms with E-state index in [1.54, 1.807) is 0 Å². The van der Waals surface area contributed by atoms with Gasteiger partial charge >= 0.3 is 0 Å². The Labute approximate surface area is 85.9 Å². The van der Waals surface area contributed by atoms with E-state index in [0.717, 1.165) is 6.07 Å². The lowest BCUT2D eigenvalue weighted by atomic mass is 10.2. The molecule has 0 radical (unpaired) electrons. The summed E-state index contributed by atoms with van der Waals surface area (Å²) in [5.41, 5.74) is 0.387. The Kier molecular flexibility index (Phi) is 3.34. The second kappa shape index (κ2) is 4.14. The van der Waals surface area contributed by atoms with Crippen LogP contribution in [0.2, 0.25) is 0 Å². The monoisotopic (exact) mass is 238 g/mol. The van der Waals surface area contributed by atoms with Crippen molar-refractivity contribution in [3.63, 3.8) is 0 Å². The van der Waals surface area contributed by atoms with Gasteiger partial charge in [-0.2, -0.15) is 0 Å². The Hall–Kier alpha value is -0.810. The number of hydrogen-bond acceptors (Lipinski definition) is 3. The van der Waals surface area contributed by atoms with Gasteiger partial charge in [-0.3, -0.25) is 0 Å². The van der Waals surface area contributed by atoms with Crippen molar-refractivity contribution in [3.8, 4) is 5.75 Å². The summed E-state index contributed by atoms with van der Waals surface area (Å²) in [6, 6.07) is 3.78. The van der Waals surface area contributed by atoms with E-state index in [1.165, 1.54) is 19.2 Å². The van der Waals surface area contributed by atoms with E-state index < -0.39 is 14.9 Å². The van der Waals surface area contributed by atoms with E-state index in [0.29, 0.717) is 5.56 Å². The van der Waals surface area contributed by atoms with Crippen LogP contribution in [0, 0.1) is 5.82 Å². The van der Waals surface area contributed by atoms with Crippen molar-refractivity contribution in [3.05, 3.63) is 29.6 Å². The molecule has 0 saturated heterocycles. The highest BCUT2D eigenvalue weighted by Crippen LogP contribution is 2.20. The molecule has 0 spiro atoms. The average Bonchev–Trinajstić information content (AvgIpc) is 2.06. The molecule has 1 aromatic carbocycles. The van der Waals surface area contributed by atoms with Crippen molar-refractivity contribution in [2.75, 3.05) is 7.11 Å². The summed E-state index contributed by atoms with van der Waals surface area (Å²) in [5.74, 6) is -0.878. The maximum Gasteiger partial charge on any atom is 0.236 e. The Balaban J connectivity index is 3.01. The van der Waals surface area contributed by atoms with Crippen molar-refractivity contribution >= 4 is 19.7 Å². The Morgan fingerprint density at radius 3 is 2.64 bits per heavy atom. The lowest BCUT2D eigenvalue weighted by molar-refractivity contribution is 0.386. The van der Waals surface area contributed by atoms with E-state index in [2.05, 4.69) is 4.74 Å². The molecule has 78 valence electrons. The lowest BCUT2D eigenvalue weighted by Crippen LogP contribution is -1.96. The van der Waals surface area contributed by atoms with E-state index in [1.807, 2.05) is 0 Å². The zero-order chi connectivity index (χ0) is 10.8. The number of ether oxygens (including phenoxy) is 1. The minimum atomic E-state index is -3.62. The molecule has 0 aliphatic carbocycles. The quantitative estimate of drug-likeness (QED) is 0.756. The van der Waals surface area contributed by atoms with Crippen LogP contribution in [0.15, 0.2) is 18.2 Å². The summed E-state index contributed by atoms with van der Waals surface area (Å²) in [6.45, 7) is 0.